The normalized spacial score (nSPS) is 27.1. The van der Waals surface area contributed by atoms with Crippen LogP contribution in [0.25, 0.3) is 0 Å². The van der Waals surface area contributed by atoms with Crippen LogP contribution in [0.3, 0.4) is 0 Å². The second-order valence-electron chi connectivity index (χ2n) is 6.61. The van der Waals surface area contributed by atoms with E-state index < -0.39 is 11.7 Å². The highest BCUT2D eigenvalue weighted by Crippen LogP contribution is 2.49. The van der Waals surface area contributed by atoms with Crippen molar-refractivity contribution in [3.8, 4) is 0 Å². The van der Waals surface area contributed by atoms with Gasteiger partial charge in [0.25, 0.3) is 0 Å². The summed E-state index contributed by atoms with van der Waals surface area (Å²) in [6.07, 6.45) is 1.10. The number of amides is 1. The van der Waals surface area contributed by atoms with Crippen LogP contribution in [0.1, 0.15) is 43.2 Å². The third kappa shape index (κ3) is 3.45. The van der Waals surface area contributed by atoms with Gasteiger partial charge in [0.05, 0.1) is 5.56 Å². The largest absolute Gasteiger partial charge is 0.416 e. The van der Waals surface area contributed by atoms with Gasteiger partial charge in [-0.3, -0.25) is 4.79 Å². The van der Waals surface area contributed by atoms with Gasteiger partial charge in [-0.15, -0.1) is 0 Å². The van der Waals surface area contributed by atoms with E-state index in [-0.39, 0.29) is 12.5 Å². The second-order valence-corrected chi connectivity index (χ2v) is 6.61. The zero-order chi connectivity index (χ0) is 15.7. The Morgan fingerprint density at radius 1 is 1.23 bits per heavy atom. The first-order chi connectivity index (χ1) is 10.4. The topological polar surface area (TPSA) is 29.1 Å². The lowest BCUT2D eigenvalue weighted by atomic mass is 9.86. The molecule has 2 aliphatic carbocycles. The summed E-state index contributed by atoms with van der Waals surface area (Å²) in [5.41, 5.74) is -0.191. The second kappa shape index (κ2) is 5.94. The molecule has 2 fully saturated rings. The van der Waals surface area contributed by atoms with Crippen LogP contribution in [0, 0.1) is 17.8 Å². The van der Waals surface area contributed by atoms with E-state index in [1.54, 1.807) is 6.07 Å². The van der Waals surface area contributed by atoms with E-state index in [4.69, 9.17) is 0 Å². The molecule has 2 bridgehead atoms. The molecule has 120 valence electrons. The number of fused-ring (bicyclic) bond motifs is 2. The molecule has 1 aromatic rings. The Morgan fingerprint density at radius 2 is 2.05 bits per heavy atom. The lowest BCUT2D eigenvalue weighted by Crippen LogP contribution is -2.27. The van der Waals surface area contributed by atoms with Crippen molar-refractivity contribution in [3.05, 3.63) is 35.4 Å². The highest BCUT2D eigenvalue weighted by Gasteiger charge is 2.40. The zero-order valence-corrected chi connectivity index (χ0v) is 12.3. The fourth-order valence-corrected chi connectivity index (χ4v) is 4.00. The summed E-state index contributed by atoms with van der Waals surface area (Å²) >= 11 is 0. The number of carbonyl (C=O) groups is 1. The lowest BCUT2D eigenvalue weighted by Gasteiger charge is -2.21. The first-order valence-electron chi connectivity index (χ1n) is 7.84. The van der Waals surface area contributed by atoms with E-state index in [1.165, 1.54) is 25.3 Å². The van der Waals surface area contributed by atoms with Crippen LogP contribution < -0.4 is 5.32 Å². The number of benzene rings is 1. The summed E-state index contributed by atoms with van der Waals surface area (Å²) in [6, 6.07) is 5.12. The van der Waals surface area contributed by atoms with Crippen LogP contribution in [0.5, 0.6) is 0 Å². The minimum atomic E-state index is -4.34. The Labute approximate surface area is 128 Å². The van der Waals surface area contributed by atoms with Gasteiger partial charge in [-0.2, -0.15) is 13.2 Å². The van der Waals surface area contributed by atoms with Crippen molar-refractivity contribution in [2.45, 2.75) is 44.8 Å². The fraction of sp³-hybridized carbons (Fsp3) is 0.588. The summed E-state index contributed by atoms with van der Waals surface area (Å²) in [5, 5.41) is 2.76. The highest BCUT2D eigenvalue weighted by atomic mass is 19.4. The number of hydrogen-bond donors (Lipinski definition) is 1. The molecule has 2 aliphatic rings. The number of alkyl halides is 3. The number of halogens is 3. The molecule has 3 rings (SSSR count). The minimum absolute atomic E-state index is 0.0463. The van der Waals surface area contributed by atoms with Gasteiger partial charge in [-0.1, -0.05) is 18.6 Å². The van der Waals surface area contributed by atoms with E-state index in [1.807, 2.05) is 0 Å². The van der Waals surface area contributed by atoms with Gasteiger partial charge in [-0.05, 0) is 54.7 Å². The first kappa shape index (κ1) is 15.4. The molecule has 0 aromatic heterocycles. The average molecular weight is 311 g/mol. The quantitative estimate of drug-likeness (QED) is 0.889. The SMILES string of the molecule is O=C(C[C@H]1C[C@@H]2CC[C@@H]1C2)NCc1cccc(C(F)(F)F)c1. The Bertz CT molecular complexity index is 555. The number of rotatable bonds is 4. The van der Waals surface area contributed by atoms with E-state index >= 15 is 0 Å². The molecule has 0 unspecified atom stereocenters. The van der Waals surface area contributed by atoms with Crippen LogP contribution in [0.15, 0.2) is 24.3 Å². The van der Waals surface area contributed by atoms with E-state index in [2.05, 4.69) is 5.32 Å². The van der Waals surface area contributed by atoms with Gasteiger partial charge in [0.1, 0.15) is 0 Å². The van der Waals surface area contributed by atoms with E-state index in [9.17, 15) is 18.0 Å². The predicted molar refractivity (Wildman–Crippen MR) is 76.8 cm³/mol. The van der Waals surface area contributed by atoms with Crippen LogP contribution in [0.2, 0.25) is 0 Å². The average Bonchev–Trinajstić information content (AvgIpc) is 3.07. The predicted octanol–water partition coefficient (Wildman–Crippen LogP) is 4.15. The summed E-state index contributed by atoms with van der Waals surface area (Å²) < 4.78 is 37.9. The molecule has 1 N–H and O–H groups in total. The monoisotopic (exact) mass is 311 g/mol. The zero-order valence-electron chi connectivity index (χ0n) is 12.3. The van der Waals surface area contributed by atoms with Crippen molar-refractivity contribution in [1.82, 2.24) is 5.32 Å². The Morgan fingerprint density at radius 3 is 2.68 bits per heavy atom. The van der Waals surface area contributed by atoms with Gasteiger partial charge in [0, 0.05) is 13.0 Å². The van der Waals surface area contributed by atoms with Crippen LogP contribution in [0.4, 0.5) is 13.2 Å². The molecule has 0 aliphatic heterocycles. The molecule has 0 spiro atoms. The molecule has 1 amide bonds. The molecule has 1 aromatic carbocycles. The van der Waals surface area contributed by atoms with Gasteiger partial charge in [-0.25, -0.2) is 0 Å². The Balaban J connectivity index is 1.51. The van der Waals surface area contributed by atoms with Crippen molar-refractivity contribution in [2.75, 3.05) is 0 Å². The lowest BCUT2D eigenvalue weighted by molar-refractivity contribution is -0.137. The van der Waals surface area contributed by atoms with Gasteiger partial charge >= 0.3 is 6.18 Å². The molecule has 5 heteroatoms. The van der Waals surface area contributed by atoms with Crippen molar-refractivity contribution in [1.29, 1.82) is 0 Å². The molecule has 0 saturated heterocycles. The van der Waals surface area contributed by atoms with Gasteiger partial charge in [0.15, 0.2) is 0 Å². The molecule has 0 radical (unpaired) electrons. The Hall–Kier alpha value is -1.52. The summed E-state index contributed by atoms with van der Waals surface area (Å²) in [5.74, 6) is 1.91. The van der Waals surface area contributed by atoms with Gasteiger partial charge < -0.3 is 5.32 Å². The molecular formula is C17H20F3NO. The Kier molecular flexibility index (Phi) is 4.15. The third-order valence-corrected chi connectivity index (χ3v) is 5.08. The summed E-state index contributed by atoms with van der Waals surface area (Å²) in [7, 11) is 0. The van der Waals surface area contributed by atoms with Crippen LogP contribution >= 0.6 is 0 Å². The third-order valence-electron chi connectivity index (χ3n) is 5.08. The number of carbonyl (C=O) groups excluding carboxylic acids is 1. The number of hydrogen-bond acceptors (Lipinski definition) is 1. The highest BCUT2D eigenvalue weighted by molar-refractivity contribution is 5.76. The van der Waals surface area contributed by atoms with Crippen LogP contribution in [-0.2, 0) is 17.5 Å². The minimum Gasteiger partial charge on any atom is -0.352 e. The first-order valence-corrected chi connectivity index (χ1v) is 7.84. The smallest absolute Gasteiger partial charge is 0.352 e. The van der Waals surface area contributed by atoms with Crippen molar-refractivity contribution >= 4 is 5.91 Å². The van der Waals surface area contributed by atoms with Crippen molar-refractivity contribution in [2.24, 2.45) is 17.8 Å². The van der Waals surface area contributed by atoms with E-state index in [0.29, 0.717) is 23.8 Å². The molecule has 3 atom stereocenters. The maximum absolute atomic E-state index is 12.6. The summed E-state index contributed by atoms with van der Waals surface area (Å²) in [6.45, 7) is 0.156. The molecule has 2 saturated carbocycles. The molecular weight excluding hydrogens is 291 g/mol. The molecule has 22 heavy (non-hydrogen) atoms. The van der Waals surface area contributed by atoms with Crippen molar-refractivity contribution < 1.29 is 18.0 Å². The standard InChI is InChI=1S/C17H20F3NO/c18-17(19,20)15-3-1-2-12(8-15)10-21-16(22)9-14-7-11-4-5-13(14)6-11/h1-3,8,11,13-14H,4-7,9-10H2,(H,21,22)/t11-,13-,14-/m1/s1. The molecule has 2 nitrogen and oxygen atoms in total. The number of nitrogens with one attached hydrogen (secondary N) is 1. The molecule has 0 heterocycles. The maximum Gasteiger partial charge on any atom is 0.416 e. The summed E-state index contributed by atoms with van der Waals surface area (Å²) in [4.78, 5) is 12.0. The fourth-order valence-electron chi connectivity index (χ4n) is 4.00. The van der Waals surface area contributed by atoms with Crippen molar-refractivity contribution in [3.63, 3.8) is 0 Å². The van der Waals surface area contributed by atoms with Gasteiger partial charge in [0.2, 0.25) is 5.91 Å². The van der Waals surface area contributed by atoms with E-state index in [0.717, 1.165) is 24.5 Å². The van der Waals surface area contributed by atoms with Crippen LogP contribution in [-0.4, -0.2) is 5.91 Å². The maximum atomic E-state index is 12.6.